The topological polar surface area (TPSA) is 51.5 Å². The standard InChI is InChI=1S/C23H24BrNO3/c1-5-27-21-12-22-19(11-18(21)15(4)9-23(26)25-14(2)3)20(13-28-22)16-7-6-8-17(24)10-16/h6-14H,5H2,1-4H3,(H,25,26)/b15-9+. The van der Waals surface area contributed by atoms with Crippen LogP contribution in [0.25, 0.3) is 27.7 Å². The summed E-state index contributed by atoms with van der Waals surface area (Å²) in [7, 11) is 0. The molecule has 1 heterocycles. The molecule has 0 aliphatic rings. The number of benzene rings is 2. The van der Waals surface area contributed by atoms with Crippen molar-refractivity contribution in [3.8, 4) is 16.9 Å². The highest BCUT2D eigenvalue weighted by Gasteiger charge is 2.15. The summed E-state index contributed by atoms with van der Waals surface area (Å²) >= 11 is 3.52. The summed E-state index contributed by atoms with van der Waals surface area (Å²) in [6.07, 6.45) is 3.37. The minimum Gasteiger partial charge on any atom is -0.493 e. The molecule has 0 saturated heterocycles. The summed E-state index contributed by atoms with van der Waals surface area (Å²) in [5.74, 6) is 0.589. The van der Waals surface area contributed by atoms with Gasteiger partial charge in [-0.05, 0) is 57.0 Å². The minimum atomic E-state index is -0.116. The van der Waals surface area contributed by atoms with Crippen molar-refractivity contribution in [2.45, 2.75) is 33.7 Å². The molecule has 0 spiro atoms. The molecule has 0 fully saturated rings. The number of hydrogen-bond donors (Lipinski definition) is 1. The predicted molar refractivity (Wildman–Crippen MR) is 117 cm³/mol. The van der Waals surface area contributed by atoms with Gasteiger partial charge in [-0.25, -0.2) is 0 Å². The highest BCUT2D eigenvalue weighted by molar-refractivity contribution is 9.10. The predicted octanol–water partition coefficient (Wildman–Crippen LogP) is 6.19. The minimum absolute atomic E-state index is 0.0856. The molecule has 0 saturated carbocycles. The number of nitrogens with one attached hydrogen (secondary N) is 1. The number of amides is 1. The zero-order valence-corrected chi connectivity index (χ0v) is 18.1. The van der Waals surface area contributed by atoms with Crippen molar-refractivity contribution in [2.75, 3.05) is 6.61 Å². The maximum absolute atomic E-state index is 12.2. The fourth-order valence-corrected chi connectivity index (χ4v) is 3.52. The molecule has 4 nitrogen and oxygen atoms in total. The van der Waals surface area contributed by atoms with Crippen LogP contribution < -0.4 is 10.1 Å². The van der Waals surface area contributed by atoms with Crippen LogP contribution in [-0.2, 0) is 4.79 Å². The number of carbonyl (C=O) groups excluding carboxylic acids is 1. The van der Waals surface area contributed by atoms with Gasteiger partial charge < -0.3 is 14.5 Å². The SMILES string of the molecule is CCOc1cc2occ(-c3cccc(Br)c3)c2cc1/C(C)=C/C(=O)NC(C)C. The first-order chi connectivity index (χ1) is 13.4. The Balaban J connectivity index is 2.12. The van der Waals surface area contributed by atoms with Crippen molar-refractivity contribution in [1.29, 1.82) is 0 Å². The van der Waals surface area contributed by atoms with E-state index < -0.39 is 0 Å². The molecule has 1 amide bonds. The van der Waals surface area contributed by atoms with E-state index in [2.05, 4.69) is 27.3 Å². The van der Waals surface area contributed by atoms with Gasteiger partial charge in [-0.3, -0.25) is 4.79 Å². The van der Waals surface area contributed by atoms with Crippen molar-refractivity contribution in [3.05, 3.63) is 58.8 Å². The Hall–Kier alpha value is -2.53. The second kappa shape index (κ2) is 8.65. The lowest BCUT2D eigenvalue weighted by Gasteiger charge is -2.12. The van der Waals surface area contributed by atoms with Crippen LogP contribution in [0.1, 0.15) is 33.3 Å². The van der Waals surface area contributed by atoms with Crippen LogP contribution in [0.15, 0.2) is 57.6 Å². The fourth-order valence-electron chi connectivity index (χ4n) is 3.12. The Bertz CT molecular complexity index is 1030. The highest BCUT2D eigenvalue weighted by atomic mass is 79.9. The largest absolute Gasteiger partial charge is 0.493 e. The van der Waals surface area contributed by atoms with E-state index in [1.165, 1.54) is 0 Å². The monoisotopic (exact) mass is 441 g/mol. The summed E-state index contributed by atoms with van der Waals surface area (Å²) in [5.41, 5.74) is 4.53. The molecule has 3 rings (SSSR count). The van der Waals surface area contributed by atoms with E-state index >= 15 is 0 Å². The summed E-state index contributed by atoms with van der Waals surface area (Å²) in [6.45, 7) is 8.27. The van der Waals surface area contributed by atoms with Crippen LogP contribution in [0.4, 0.5) is 0 Å². The zero-order chi connectivity index (χ0) is 20.3. The third kappa shape index (κ3) is 4.47. The second-order valence-electron chi connectivity index (χ2n) is 6.93. The summed E-state index contributed by atoms with van der Waals surface area (Å²) in [6, 6.07) is 12.1. The molecule has 146 valence electrons. The smallest absolute Gasteiger partial charge is 0.244 e. The molecule has 1 aromatic heterocycles. The third-order valence-corrected chi connectivity index (χ3v) is 4.81. The van der Waals surface area contributed by atoms with Crippen molar-refractivity contribution < 1.29 is 13.9 Å². The van der Waals surface area contributed by atoms with Gasteiger partial charge in [-0.1, -0.05) is 28.1 Å². The van der Waals surface area contributed by atoms with Crippen molar-refractivity contribution in [2.24, 2.45) is 0 Å². The normalized spacial score (nSPS) is 11.9. The van der Waals surface area contributed by atoms with Gasteiger partial charge in [0.15, 0.2) is 0 Å². The molecule has 5 heteroatoms. The van der Waals surface area contributed by atoms with Crippen LogP contribution in [-0.4, -0.2) is 18.6 Å². The molecule has 1 N–H and O–H groups in total. The average Bonchev–Trinajstić information content (AvgIpc) is 3.03. The Kier molecular flexibility index (Phi) is 6.25. The van der Waals surface area contributed by atoms with Crippen LogP contribution in [0.2, 0.25) is 0 Å². The van der Waals surface area contributed by atoms with E-state index in [1.807, 2.05) is 58.0 Å². The van der Waals surface area contributed by atoms with Crippen LogP contribution >= 0.6 is 15.9 Å². The summed E-state index contributed by atoms with van der Waals surface area (Å²) < 4.78 is 12.6. The number of halogens is 1. The highest BCUT2D eigenvalue weighted by Crippen LogP contribution is 2.38. The third-order valence-electron chi connectivity index (χ3n) is 4.31. The maximum atomic E-state index is 12.2. The molecule has 0 atom stereocenters. The van der Waals surface area contributed by atoms with Gasteiger partial charge in [0.2, 0.25) is 5.91 Å². The van der Waals surface area contributed by atoms with Crippen LogP contribution in [0, 0.1) is 0 Å². The Labute approximate surface area is 173 Å². The van der Waals surface area contributed by atoms with E-state index in [4.69, 9.17) is 9.15 Å². The van der Waals surface area contributed by atoms with E-state index in [0.717, 1.165) is 37.7 Å². The Morgan fingerprint density at radius 2 is 2.07 bits per heavy atom. The van der Waals surface area contributed by atoms with Crippen molar-refractivity contribution in [1.82, 2.24) is 5.32 Å². The van der Waals surface area contributed by atoms with Crippen LogP contribution in [0.3, 0.4) is 0 Å². The number of hydrogen-bond acceptors (Lipinski definition) is 3. The van der Waals surface area contributed by atoms with Gasteiger partial charge in [-0.15, -0.1) is 0 Å². The average molecular weight is 442 g/mol. The fraction of sp³-hybridized carbons (Fsp3) is 0.261. The molecule has 2 aromatic carbocycles. The lowest BCUT2D eigenvalue weighted by Crippen LogP contribution is -2.28. The van der Waals surface area contributed by atoms with Crippen molar-refractivity contribution in [3.63, 3.8) is 0 Å². The van der Waals surface area contributed by atoms with Crippen molar-refractivity contribution >= 4 is 38.4 Å². The number of rotatable bonds is 6. The van der Waals surface area contributed by atoms with Gasteiger partial charge in [0, 0.05) is 39.2 Å². The van der Waals surface area contributed by atoms with Gasteiger partial charge in [-0.2, -0.15) is 0 Å². The molecule has 0 bridgehead atoms. The second-order valence-corrected chi connectivity index (χ2v) is 7.84. The lowest BCUT2D eigenvalue weighted by atomic mass is 9.99. The molecular formula is C23H24BrNO3. The molecule has 28 heavy (non-hydrogen) atoms. The molecule has 0 unspecified atom stereocenters. The zero-order valence-electron chi connectivity index (χ0n) is 16.5. The first-order valence-electron chi connectivity index (χ1n) is 9.32. The number of ether oxygens (including phenoxy) is 1. The first-order valence-corrected chi connectivity index (χ1v) is 10.1. The van der Waals surface area contributed by atoms with E-state index in [-0.39, 0.29) is 11.9 Å². The van der Waals surface area contributed by atoms with Gasteiger partial charge in [0.05, 0.1) is 12.9 Å². The first kappa shape index (κ1) is 20.2. The number of allylic oxidation sites excluding steroid dienone is 1. The number of furan rings is 1. The molecule has 3 aromatic rings. The van der Waals surface area contributed by atoms with E-state index in [1.54, 1.807) is 12.3 Å². The van der Waals surface area contributed by atoms with Gasteiger partial charge >= 0.3 is 0 Å². The van der Waals surface area contributed by atoms with Gasteiger partial charge in [0.1, 0.15) is 11.3 Å². The summed E-state index contributed by atoms with van der Waals surface area (Å²) in [5, 5.41) is 3.87. The number of carbonyl (C=O) groups is 1. The summed E-state index contributed by atoms with van der Waals surface area (Å²) in [4.78, 5) is 12.2. The molecule has 0 radical (unpaired) electrons. The van der Waals surface area contributed by atoms with Gasteiger partial charge in [0.25, 0.3) is 0 Å². The molecular weight excluding hydrogens is 418 g/mol. The molecule has 0 aliphatic heterocycles. The lowest BCUT2D eigenvalue weighted by molar-refractivity contribution is -0.116. The Morgan fingerprint density at radius 3 is 2.75 bits per heavy atom. The van der Waals surface area contributed by atoms with E-state index in [0.29, 0.717) is 12.4 Å². The quantitative estimate of drug-likeness (QED) is 0.463. The number of fused-ring (bicyclic) bond motifs is 1. The van der Waals surface area contributed by atoms with E-state index in [9.17, 15) is 4.79 Å². The van der Waals surface area contributed by atoms with Crippen LogP contribution in [0.5, 0.6) is 5.75 Å². The maximum Gasteiger partial charge on any atom is 0.244 e. The molecule has 0 aliphatic carbocycles. The Morgan fingerprint density at radius 1 is 1.29 bits per heavy atom.